The van der Waals surface area contributed by atoms with Gasteiger partial charge in [0, 0.05) is 26.6 Å². The molecule has 1 aliphatic rings. The lowest BCUT2D eigenvalue weighted by Crippen LogP contribution is -2.35. The number of β-amino-alcohol motifs (C(OH)–C–C–N with tert-alkyl or cyclic N) is 1. The Morgan fingerprint density at radius 2 is 2.35 bits per heavy atom. The molecule has 0 saturated carbocycles. The highest BCUT2D eigenvalue weighted by molar-refractivity contribution is 5.74. The van der Waals surface area contributed by atoms with E-state index in [2.05, 4.69) is 5.10 Å². The van der Waals surface area contributed by atoms with Crippen molar-refractivity contribution in [3.05, 3.63) is 17.5 Å². The zero-order valence-corrected chi connectivity index (χ0v) is 10.00. The van der Waals surface area contributed by atoms with Gasteiger partial charge in [-0.2, -0.15) is 5.10 Å². The molecule has 0 aliphatic carbocycles. The van der Waals surface area contributed by atoms with Gasteiger partial charge in [-0.25, -0.2) is 0 Å². The second-order valence-electron chi connectivity index (χ2n) is 4.57. The summed E-state index contributed by atoms with van der Waals surface area (Å²) in [6.45, 7) is 2.81. The second kappa shape index (κ2) is 4.46. The molecule has 1 fully saturated rings. The summed E-state index contributed by atoms with van der Waals surface area (Å²) in [6, 6.07) is 1.34. The number of aliphatic hydroxyl groups is 1. The molecule has 0 amide bonds. The number of aliphatic carboxylic acids is 1. The average molecular weight is 239 g/mol. The first-order valence-corrected chi connectivity index (χ1v) is 5.62. The van der Waals surface area contributed by atoms with E-state index >= 15 is 0 Å². The summed E-state index contributed by atoms with van der Waals surface area (Å²) >= 11 is 0. The van der Waals surface area contributed by atoms with Crippen molar-refractivity contribution in [3.63, 3.8) is 0 Å². The topological polar surface area (TPSA) is 78.6 Å². The Kier molecular flexibility index (Phi) is 3.17. The van der Waals surface area contributed by atoms with E-state index in [-0.39, 0.29) is 0 Å². The molecule has 0 spiro atoms. The van der Waals surface area contributed by atoms with Gasteiger partial charge in [-0.05, 0) is 13.0 Å². The number of carbonyl (C=O) groups is 1. The highest BCUT2D eigenvalue weighted by Gasteiger charge is 2.36. The molecule has 0 radical (unpaired) electrons. The van der Waals surface area contributed by atoms with Crippen molar-refractivity contribution in [2.45, 2.75) is 32.0 Å². The minimum atomic E-state index is -0.875. The molecule has 2 unspecified atom stereocenters. The molecule has 94 valence electrons. The third-order valence-electron chi connectivity index (χ3n) is 3.13. The van der Waals surface area contributed by atoms with Crippen LogP contribution < -0.4 is 0 Å². The molecule has 6 nitrogen and oxygen atoms in total. The fourth-order valence-electron chi connectivity index (χ4n) is 2.33. The molecule has 1 aliphatic heterocycles. The summed E-state index contributed by atoms with van der Waals surface area (Å²) in [5.74, 6) is -0.875. The second-order valence-corrected chi connectivity index (χ2v) is 4.57. The van der Waals surface area contributed by atoms with Crippen LogP contribution in [0.4, 0.5) is 0 Å². The van der Waals surface area contributed by atoms with Gasteiger partial charge in [-0.15, -0.1) is 0 Å². The van der Waals surface area contributed by atoms with Crippen LogP contribution in [0.25, 0.3) is 0 Å². The van der Waals surface area contributed by atoms with Crippen LogP contribution in [-0.4, -0.2) is 49.6 Å². The smallest absolute Gasteiger partial charge is 0.321 e. The third-order valence-corrected chi connectivity index (χ3v) is 3.13. The van der Waals surface area contributed by atoms with Gasteiger partial charge in [0.15, 0.2) is 0 Å². The van der Waals surface area contributed by atoms with Crippen LogP contribution in [0.15, 0.2) is 6.07 Å². The molecule has 0 bridgehead atoms. The molecule has 1 saturated heterocycles. The Morgan fingerprint density at radius 1 is 1.65 bits per heavy atom. The predicted molar refractivity (Wildman–Crippen MR) is 60.4 cm³/mol. The molecule has 6 heteroatoms. The number of carboxylic acid groups (broad SMARTS) is 1. The molecule has 2 rings (SSSR count). The molecule has 1 aromatic heterocycles. The van der Waals surface area contributed by atoms with E-state index in [9.17, 15) is 9.90 Å². The number of likely N-dealkylation sites (tertiary alicyclic amines) is 1. The van der Waals surface area contributed by atoms with E-state index in [0.717, 1.165) is 11.4 Å². The summed E-state index contributed by atoms with van der Waals surface area (Å²) in [5, 5.41) is 22.8. The molecule has 0 aromatic carbocycles. The normalized spacial score (nSPS) is 25.4. The van der Waals surface area contributed by atoms with Gasteiger partial charge in [0.25, 0.3) is 0 Å². The van der Waals surface area contributed by atoms with Crippen molar-refractivity contribution in [1.29, 1.82) is 0 Å². The maximum absolute atomic E-state index is 11.1. The van der Waals surface area contributed by atoms with Gasteiger partial charge in [0.2, 0.25) is 0 Å². The molecule has 17 heavy (non-hydrogen) atoms. The first-order valence-electron chi connectivity index (χ1n) is 5.62. The van der Waals surface area contributed by atoms with Crippen molar-refractivity contribution in [3.8, 4) is 0 Å². The average Bonchev–Trinajstić information content (AvgIpc) is 2.71. The summed E-state index contributed by atoms with van der Waals surface area (Å²) in [4.78, 5) is 12.8. The van der Waals surface area contributed by atoms with E-state index in [1.165, 1.54) is 0 Å². The zero-order chi connectivity index (χ0) is 12.6. The molecule has 2 N–H and O–H groups in total. The lowest BCUT2D eigenvalue weighted by Gasteiger charge is -2.20. The summed E-state index contributed by atoms with van der Waals surface area (Å²) in [7, 11) is 1.84. The van der Waals surface area contributed by atoms with Crippen LogP contribution in [0.5, 0.6) is 0 Å². The zero-order valence-electron chi connectivity index (χ0n) is 10.00. The Hall–Kier alpha value is -1.40. The van der Waals surface area contributed by atoms with Crippen LogP contribution in [0.2, 0.25) is 0 Å². The Bertz CT molecular complexity index is 430. The van der Waals surface area contributed by atoms with Crippen LogP contribution in [0.1, 0.15) is 17.8 Å². The lowest BCUT2D eigenvalue weighted by atomic mass is 10.2. The van der Waals surface area contributed by atoms with Crippen molar-refractivity contribution >= 4 is 5.97 Å². The number of carboxylic acids is 1. The molecular formula is C11H17N3O3. The minimum Gasteiger partial charge on any atom is -0.480 e. The van der Waals surface area contributed by atoms with Crippen LogP contribution in [-0.2, 0) is 18.4 Å². The number of aliphatic hydroxyl groups excluding tert-OH is 1. The van der Waals surface area contributed by atoms with Gasteiger partial charge in [-0.3, -0.25) is 14.4 Å². The van der Waals surface area contributed by atoms with Crippen molar-refractivity contribution in [2.75, 3.05) is 6.54 Å². The van der Waals surface area contributed by atoms with E-state index in [4.69, 9.17) is 5.11 Å². The number of aromatic nitrogens is 2. The monoisotopic (exact) mass is 239 g/mol. The van der Waals surface area contributed by atoms with E-state index < -0.39 is 18.1 Å². The standard InChI is InChI=1S/C11H17N3O3/c1-7-3-8(13(2)12-7)5-14-6-9(15)4-10(14)11(16)17/h3,9-10,15H,4-6H2,1-2H3,(H,16,17). The summed E-state index contributed by atoms with van der Waals surface area (Å²) in [5.41, 5.74) is 1.87. The highest BCUT2D eigenvalue weighted by atomic mass is 16.4. The van der Waals surface area contributed by atoms with Gasteiger partial charge in [0.05, 0.1) is 17.5 Å². The highest BCUT2D eigenvalue weighted by Crippen LogP contribution is 2.20. The van der Waals surface area contributed by atoms with Crippen LogP contribution in [0, 0.1) is 6.92 Å². The number of aryl methyl sites for hydroxylation is 2. The molecule has 1 aromatic rings. The number of rotatable bonds is 3. The van der Waals surface area contributed by atoms with Crippen molar-refractivity contribution in [2.24, 2.45) is 7.05 Å². The maximum atomic E-state index is 11.1. The first kappa shape index (κ1) is 12.1. The SMILES string of the molecule is Cc1cc(CN2CC(O)CC2C(=O)O)n(C)n1. The Morgan fingerprint density at radius 3 is 2.88 bits per heavy atom. The van der Waals surface area contributed by atoms with Gasteiger partial charge in [-0.1, -0.05) is 0 Å². The molecule has 2 atom stereocenters. The Balaban J connectivity index is 2.12. The van der Waals surface area contributed by atoms with E-state index in [1.54, 1.807) is 9.58 Å². The lowest BCUT2D eigenvalue weighted by molar-refractivity contribution is -0.142. The maximum Gasteiger partial charge on any atom is 0.321 e. The third kappa shape index (κ3) is 2.48. The van der Waals surface area contributed by atoms with Gasteiger partial charge in [0.1, 0.15) is 6.04 Å². The van der Waals surface area contributed by atoms with Crippen molar-refractivity contribution < 1.29 is 15.0 Å². The first-order chi connectivity index (χ1) is 7.97. The van der Waals surface area contributed by atoms with E-state index in [0.29, 0.717) is 19.5 Å². The van der Waals surface area contributed by atoms with Gasteiger partial charge < -0.3 is 10.2 Å². The van der Waals surface area contributed by atoms with Gasteiger partial charge >= 0.3 is 5.97 Å². The molecular weight excluding hydrogens is 222 g/mol. The largest absolute Gasteiger partial charge is 0.480 e. The fraction of sp³-hybridized carbons (Fsp3) is 0.636. The quantitative estimate of drug-likeness (QED) is 0.760. The fourth-order valence-corrected chi connectivity index (χ4v) is 2.33. The number of hydrogen-bond donors (Lipinski definition) is 2. The van der Waals surface area contributed by atoms with E-state index in [1.807, 2.05) is 20.0 Å². The van der Waals surface area contributed by atoms with Crippen LogP contribution in [0.3, 0.4) is 0 Å². The predicted octanol–water partition coefficient (Wildman–Crippen LogP) is -0.252. The van der Waals surface area contributed by atoms with Crippen LogP contribution >= 0.6 is 0 Å². The summed E-state index contributed by atoms with van der Waals surface area (Å²) in [6.07, 6.45) is -0.253. The molecule has 2 heterocycles. The minimum absolute atomic E-state index is 0.298. The summed E-state index contributed by atoms with van der Waals surface area (Å²) < 4.78 is 1.75. The van der Waals surface area contributed by atoms with Crippen molar-refractivity contribution in [1.82, 2.24) is 14.7 Å². The Labute approximate surface area is 99.5 Å². The number of nitrogens with zero attached hydrogens (tertiary/aromatic N) is 3. The number of hydrogen-bond acceptors (Lipinski definition) is 4.